The highest BCUT2D eigenvalue weighted by atomic mass is 32.2. The van der Waals surface area contributed by atoms with Gasteiger partial charge < -0.3 is 25.3 Å². The molecule has 0 fully saturated rings. The zero-order valence-corrected chi connectivity index (χ0v) is 18.6. The molecule has 0 aliphatic rings. The number of nitrogens with one attached hydrogen (secondary N) is 2. The van der Waals surface area contributed by atoms with E-state index in [1.54, 1.807) is 13.2 Å². The molecule has 174 valence electrons. The summed E-state index contributed by atoms with van der Waals surface area (Å²) in [5.74, 6) is 0.106. The third-order valence-electron chi connectivity index (χ3n) is 4.89. The minimum Gasteiger partial charge on any atom is -0.497 e. The Morgan fingerprint density at radius 1 is 1.21 bits per heavy atom. The molecule has 4 N–H and O–H groups in total. The van der Waals surface area contributed by atoms with Gasteiger partial charge in [-0.15, -0.1) is 0 Å². The standard InChI is InChI=1S/C22H23N3O7S/c1-32-17-4-2-13(3-5-17)11-33-12-16(9-20(27)28)23-22(29)18-8-15-6-14(10-26)7-19(25(30)31)21(15)24-18/h2-8,16,24,26H,9-12H2,1H3,(H,23,29)(H,27,28)/t16-/m1/s1. The molecule has 11 heteroatoms. The van der Waals surface area contributed by atoms with Crippen LogP contribution in [0, 0.1) is 10.1 Å². The first-order valence-electron chi connectivity index (χ1n) is 9.95. The monoisotopic (exact) mass is 473 g/mol. The first kappa shape index (κ1) is 24.1. The summed E-state index contributed by atoms with van der Waals surface area (Å²) in [6.07, 6.45) is -0.267. The molecule has 1 aromatic heterocycles. The molecule has 0 bridgehead atoms. The molecule has 0 radical (unpaired) electrons. The number of amides is 1. The molecule has 0 saturated heterocycles. The van der Waals surface area contributed by atoms with E-state index >= 15 is 0 Å². The smallest absolute Gasteiger partial charge is 0.305 e. The third-order valence-corrected chi connectivity index (χ3v) is 6.07. The number of aliphatic hydroxyl groups is 1. The van der Waals surface area contributed by atoms with Crippen LogP contribution in [0.4, 0.5) is 5.69 Å². The second-order valence-corrected chi connectivity index (χ2v) is 8.34. The van der Waals surface area contributed by atoms with Gasteiger partial charge in [0.15, 0.2) is 0 Å². The van der Waals surface area contributed by atoms with Gasteiger partial charge in [0, 0.05) is 29.0 Å². The van der Waals surface area contributed by atoms with Gasteiger partial charge in [-0.3, -0.25) is 19.7 Å². The number of carbonyl (C=O) groups excluding carboxylic acids is 1. The lowest BCUT2D eigenvalue weighted by atomic mass is 10.1. The maximum Gasteiger partial charge on any atom is 0.305 e. The molecule has 0 aliphatic heterocycles. The molecule has 0 spiro atoms. The van der Waals surface area contributed by atoms with Crippen LogP contribution in [0.1, 0.15) is 28.0 Å². The van der Waals surface area contributed by atoms with Gasteiger partial charge in [-0.25, -0.2) is 0 Å². The van der Waals surface area contributed by atoms with E-state index in [2.05, 4.69) is 10.3 Å². The Bertz CT molecular complexity index is 1160. The number of thioether (sulfide) groups is 1. The number of rotatable bonds is 11. The molecule has 0 unspecified atom stereocenters. The molecule has 33 heavy (non-hydrogen) atoms. The SMILES string of the molecule is COc1ccc(CSC[C@@H](CC(=O)O)NC(=O)c2cc3cc(CO)cc([N+](=O)[O-])c3[nH]2)cc1. The molecule has 1 atom stereocenters. The van der Waals surface area contributed by atoms with Crippen molar-refractivity contribution < 1.29 is 29.5 Å². The number of nitro groups is 1. The predicted octanol–water partition coefficient (Wildman–Crippen LogP) is 3.08. The van der Waals surface area contributed by atoms with Gasteiger partial charge in [-0.2, -0.15) is 11.8 Å². The number of carbonyl (C=O) groups is 2. The Morgan fingerprint density at radius 2 is 1.94 bits per heavy atom. The number of hydrogen-bond acceptors (Lipinski definition) is 7. The van der Waals surface area contributed by atoms with Crippen LogP contribution in [0.3, 0.4) is 0 Å². The zero-order valence-electron chi connectivity index (χ0n) is 17.7. The van der Waals surface area contributed by atoms with Crippen molar-refractivity contribution in [2.75, 3.05) is 12.9 Å². The number of aliphatic carboxylic acids is 1. The number of ether oxygens (including phenoxy) is 1. The van der Waals surface area contributed by atoms with E-state index in [4.69, 9.17) is 4.74 Å². The molecular formula is C22H23N3O7S. The first-order chi connectivity index (χ1) is 15.8. The van der Waals surface area contributed by atoms with E-state index < -0.39 is 22.8 Å². The van der Waals surface area contributed by atoms with E-state index in [9.17, 15) is 29.9 Å². The lowest BCUT2D eigenvalue weighted by Crippen LogP contribution is -2.38. The van der Waals surface area contributed by atoms with Crippen molar-refractivity contribution in [3.05, 3.63) is 69.4 Å². The van der Waals surface area contributed by atoms with Crippen molar-refractivity contribution in [1.82, 2.24) is 10.3 Å². The van der Waals surface area contributed by atoms with Crippen molar-refractivity contribution in [2.45, 2.75) is 24.8 Å². The molecule has 3 rings (SSSR count). The summed E-state index contributed by atoms with van der Waals surface area (Å²) in [5.41, 5.74) is 1.35. The summed E-state index contributed by atoms with van der Waals surface area (Å²) in [7, 11) is 1.58. The highest BCUT2D eigenvalue weighted by molar-refractivity contribution is 7.98. The van der Waals surface area contributed by atoms with Gasteiger partial charge >= 0.3 is 5.97 Å². The number of non-ortho nitro benzene ring substituents is 1. The second kappa shape index (κ2) is 10.8. The van der Waals surface area contributed by atoms with Gasteiger partial charge in [-0.1, -0.05) is 12.1 Å². The van der Waals surface area contributed by atoms with E-state index in [-0.39, 0.29) is 29.9 Å². The van der Waals surface area contributed by atoms with Crippen molar-refractivity contribution >= 4 is 40.2 Å². The van der Waals surface area contributed by atoms with Crippen LogP contribution in [-0.4, -0.2) is 50.9 Å². The number of nitro benzene ring substituents is 1. The number of H-pyrrole nitrogens is 1. The summed E-state index contributed by atoms with van der Waals surface area (Å²) >= 11 is 1.48. The predicted molar refractivity (Wildman–Crippen MR) is 124 cm³/mol. The minimum atomic E-state index is -1.05. The average molecular weight is 474 g/mol. The number of benzene rings is 2. The van der Waals surface area contributed by atoms with E-state index in [0.29, 0.717) is 22.5 Å². The van der Waals surface area contributed by atoms with Crippen molar-refractivity contribution in [3.8, 4) is 5.75 Å². The first-order valence-corrected chi connectivity index (χ1v) is 11.1. The van der Waals surface area contributed by atoms with Gasteiger partial charge in [0.1, 0.15) is 17.0 Å². The van der Waals surface area contributed by atoms with Crippen LogP contribution in [0.2, 0.25) is 0 Å². The van der Waals surface area contributed by atoms with Crippen molar-refractivity contribution in [1.29, 1.82) is 0 Å². The number of carboxylic acids is 1. The lowest BCUT2D eigenvalue weighted by molar-refractivity contribution is -0.383. The number of aliphatic hydroxyl groups excluding tert-OH is 1. The topological polar surface area (TPSA) is 155 Å². The minimum absolute atomic E-state index is 0.0683. The molecule has 0 aliphatic carbocycles. The van der Waals surface area contributed by atoms with Crippen molar-refractivity contribution in [2.24, 2.45) is 0 Å². The quantitative estimate of drug-likeness (QED) is 0.245. The Morgan fingerprint density at radius 3 is 2.55 bits per heavy atom. The van der Waals surface area contributed by atoms with E-state index in [0.717, 1.165) is 11.3 Å². The van der Waals surface area contributed by atoms with Crippen LogP contribution in [-0.2, 0) is 17.2 Å². The van der Waals surface area contributed by atoms with Gasteiger partial charge in [0.2, 0.25) is 0 Å². The Hall–Kier alpha value is -3.57. The summed E-state index contributed by atoms with van der Waals surface area (Å²) in [6.45, 7) is -0.379. The summed E-state index contributed by atoms with van der Waals surface area (Å²) in [5, 5.41) is 33.0. The highest BCUT2D eigenvalue weighted by Crippen LogP contribution is 2.28. The number of hydrogen-bond donors (Lipinski definition) is 4. The number of aromatic nitrogens is 1. The normalized spacial score (nSPS) is 11.8. The van der Waals surface area contributed by atoms with Gasteiger partial charge in [0.25, 0.3) is 11.6 Å². The fourth-order valence-electron chi connectivity index (χ4n) is 3.31. The largest absolute Gasteiger partial charge is 0.497 e. The van der Waals surface area contributed by atoms with E-state index in [1.165, 1.54) is 23.9 Å². The Kier molecular flexibility index (Phi) is 7.91. The summed E-state index contributed by atoms with van der Waals surface area (Å²) in [4.78, 5) is 37.6. The van der Waals surface area contributed by atoms with Crippen molar-refractivity contribution in [3.63, 3.8) is 0 Å². The number of carboxylic acid groups (broad SMARTS) is 1. The number of fused-ring (bicyclic) bond motifs is 1. The molecule has 0 saturated carbocycles. The number of methoxy groups -OCH3 is 1. The van der Waals surface area contributed by atoms with Gasteiger partial charge in [-0.05, 0) is 35.4 Å². The van der Waals surface area contributed by atoms with Crippen LogP contribution in [0.25, 0.3) is 10.9 Å². The molecule has 2 aromatic carbocycles. The fourth-order valence-corrected chi connectivity index (χ4v) is 4.34. The summed E-state index contributed by atoms with van der Waals surface area (Å²) < 4.78 is 5.12. The van der Waals surface area contributed by atoms with Crippen LogP contribution < -0.4 is 10.1 Å². The maximum absolute atomic E-state index is 12.8. The molecule has 1 amide bonds. The van der Waals surface area contributed by atoms with Crippen LogP contribution in [0.5, 0.6) is 5.75 Å². The zero-order chi connectivity index (χ0) is 24.0. The highest BCUT2D eigenvalue weighted by Gasteiger charge is 2.22. The van der Waals surface area contributed by atoms with Gasteiger partial charge in [0.05, 0.1) is 25.1 Å². The molecular weight excluding hydrogens is 450 g/mol. The molecule has 10 nitrogen and oxygen atoms in total. The molecule has 3 aromatic rings. The lowest BCUT2D eigenvalue weighted by Gasteiger charge is -2.16. The number of aromatic amines is 1. The van der Waals surface area contributed by atoms with Crippen LogP contribution >= 0.6 is 11.8 Å². The Balaban J connectivity index is 1.71. The molecule has 1 heterocycles. The second-order valence-electron chi connectivity index (χ2n) is 7.31. The fraction of sp³-hybridized carbons (Fsp3) is 0.273. The third kappa shape index (κ3) is 6.24. The van der Waals surface area contributed by atoms with E-state index in [1.807, 2.05) is 24.3 Å². The maximum atomic E-state index is 12.8. The average Bonchev–Trinajstić information content (AvgIpc) is 3.22. The van der Waals surface area contributed by atoms with Crippen LogP contribution in [0.15, 0.2) is 42.5 Å². The number of nitrogens with zero attached hydrogens (tertiary/aromatic N) is 1. The summed E-state index contributed by atoms with van der Waals surface area (Å²) in [6, 6.07) is 11.1. The Labute approximate surface area is 193 Å².